The van der Waals surface area contributed by atoms with E-state index < -0.39 is 10.0 Å². The first-order valence-electron chi connectivity index (χ1n) is 7.33. The molecular weight excluding hydrogens is 362 g/mol. The Balaban J connectivity index is 2.09. The van der Waals surface area contributed by atoms with Crippen LogP contribution in [-0.2, 0) is 14.8 Å². The molecule has 2 aromatic carbocycles. The number of para-hydroxylation sites is 1. The second-order valence-electron chi connectivity index (χ2n) is 5.27. The van der Waals surface area contributed by atoms with E-state index in [-0.39, 0.29) is 18.9 Å². The van der Waals surface area contributed by atoms with Gasteiger partial charge in [-0.25, -0.2) is 8.42 Å². The number of rotatable bonds is 6. The SMILES string of the molecule is CS(=O)(=O)N(CCC(=O)Nc1ccccc1C#N)c1ccc(Cl)cc1. The summed E-state index contributed by atoms with van der Waals surface area (Å²) in [6, 6.07) is 14.9. The molecule has 0 saturated carbocycles. The second-order valence-corrected chi connectivity index (χ2v) is 7.61. The summed E-state index contributed by atoms with van der Waals surface area (Å²) in [5, 5.41) is 12.1. The lowest BCUT2D eigenvalue weighted by atomic mass is 10.2. The van der Waals surface area contributed by atoms with Gasteiger partial charge in [0.1, 0.15) is 6.07 Å². The number of benzene rings is 2. The van der Waals surface area contributed by atoms with Crippen molar-refractivity contribution in [2.24, 2.45) is 0 Å². The molecular formula is C17H16ClN3O3S. The molecule has 6 nitrogen and oxygen atoms in total. The van der Waals surface area contributed by atoms with Crippen molar-refractivity contribution >= 4 is 38.9 Å². The van der Waals surface area contributed by atoms with Crippen molar-refractivity contribution in [1.82, 2.24) is 0 Å². The number of hydrogen-bond donors (Lipinski definition) is 1. The van der Waals surface area contributed by atoms with E-state index in [0.717, 1.165) is 10.6 Å². The molecule has 0 aliphatic carbocycles. The Bertz CT molecular complexity index is 905. The predicted octanol–water partition coefficient (Wildman–Crippen LogP) is 3.01. The molecule has 0 heterocycles. The minimum atomic E-state index is -3.55. The Morgan fingerprint density at radius 2 is 1.84 bits per heavy atom. The van der Waals surface area contributed by atoms with Gasteiger partial charge in [0.25, 0.3) is 0 Å². The summed E-state index contributed by atoms with van der Waals surface area (Å²) in [7, 11) is -3.55. The Kier molecular flexibility index (Phi) is 6.02. The molecule has 0 aromatic heterocycles. The van der Waals surface area contributed by atoms with E-state index >= 15 is 0 Å². The molecule has 2 aromatic rings. The van der Waals surface area contributed by atoms with E-state index in [1.54, 1.807) is 48.5 Å². The lowest BCUT2D eigenvalue weighted by molar-refractivity contribution is -0.116. The van der Waals surface area contributed by atoms with Gasteiger partial charge < -0.3 is 5.32 Å². The predicted molar refractivity (Wildman–Crippen MR) is 98.0 cm³/mol. The zero-order chi connectivity index (χ0) is 18.4. The fourth-order valence-electron chi connectivity index (χ4n) is 2.20. The Morgan fingerprint density at radius 1 is 1.20 bits per heavy atom. The molecule has 1 N–H and O–H groups in total. The van der Waals surface area contributed by atoms with E-state index in [1.807, 2.05) is 6.07 Å². The number of nitriles is 1. The Labute approximate surface area is 151 Å². The lowest BCUT2D eigenvalue weighted by Crippen LogP contribution is -2.33. The van der Waals surface area contributed by atoms with Crippen LogP contribution in [0.25, 0.3) is 0 Å². The summed E-state index contributed by atoms with van der Waals surface area (Å²) in [4.78, 5) is 12.1. The number of sulfonamides is 1. The first kappa shape index (κ1) is 18.8. The lowest BCUT2D eigenvalue weighted by Gasteiger charge is -2.22. The van der Waals surface area contributed by atoms with Gasteiger partial charge in [0, 0.05) is 18.0 Å². The van der Waals surface area contributed by atoms with Gasteiger partial charge in [-0.3, -0.25) is 9.10 Å². The number of anilines is 2. The maximum Gasteiger partial charge on any atom is 0.232 e. The van der Waals surface area contributed by atoms with Gasteiger partial charge in [-0.2, -0.15) is 5.26 Å². The van der Waals surface area contributed by atoms with Gasteiger partial charge in [-0.1, -0.05) is 23.7 Å². The second kappa shape index (κ2) is 8.01. The first-order chi connectivity index (χ1) is 11.8. The molecule has 130 valence electrons. The normalized spacial score (nSPS) is 10.8. The monoisotopic (exact) mass is 377 g/mol. The Hall–Kier alpha value is -2.56. The average molecular weight is 378 g/mol. The minimum Gasteiger partial charge on any atom is -0.325 e. The van der Waals surface area contributed by atoms with Crippen molar-refractivity contribution in [2.45, 2.75) is 6.42 Å². The van der Waals surface area contributed by atoms with Crippen molar-refractivity contribution in [3.63, 3.8) is 0 Å². The molecule has 0 unspecified atom stereocenters. The summed E-state index contributed by atoms with van der Waals surface area (Å²) in [6.07, 6.45) is 1.01. The fourth-order valence-corrected chi connectivity index (χ4v) is 3.25. The summed E-state index contributed by atoms with van der Waals surface area (Å²) < 4.78 is 25.2. The van der Waals surface area contributed by atoms with E-state index in [2.05, 4.69) is 5.32 Å². The maximum atomic E-state index is 12.1. The molecule has 0 bridgehead atoms. The molecule has 0 aliphatic rings. The van der Waals surface area contributed by atoms with Crippen molar-refractivity contribution in [3.8, 4) is 6.07 Å². The highest BCUT2D eigenvalue weighted by Gasteiger charge is 2.19. The van der Waals surface area contributed by atoms with Crippen LogP contribution >= 0.6 is 11.6 Å². The van der Waals surface area contributed by atoms with Crippen LogP contribution in [0.1, 0.15) is 12.0 Å². The van der Waals surface area contributed by atoms with Crippen LogP contribution in [0.15, 0.2) is 48.5 Å². The molecule has 2 rings (SSSR count). The van der Waals surface area contributed by atoms with E-state index in [4.69, 9.17) is 16.9 Å². The van der Waals surface area contributed by atoms with Crippen LogP contribution in [0.3, 0.4) is 0 Å². The van der Waals surface area contributed by atoms with Crippen LogP contribution in [0.2, 0.25) is 5.02 Å². The number of nitrogens with one attached hydrogen (secondary N) is 1. The molecule has 0 saturated heterocycles. The maximum absolute atomic E-state index is 12.1. The third kappa shape index (κ3) is 5.21. The van der Waals surface area contributed by atoms with Crippen molar-refractivity contribution < 1.29 is 13.2 Å². The number of hydrogen-bond acceptors (Lipinski definition) is 4. The third-order valence-corrected chi connectivity index (χ3v) is 4.82. The third-order valence-electron chi connectivity index (χ3n) is 3.38. The minimum absolute atomic E-state index is 0.0268. The Morgan fingerprint density at radius 3 is 2.44 bits per heavy atom. The topological polar surface area (TPSA) is 90.3 Å². The first-order valence-corrected chi connectivity index (χ1v) is 9.56. The molecule has 0 fully saturated rings. The summed E-state index contributed by atoms with van der Waals surface area (Å²) in [5.74, 6) is -0.384. The van der Waals surface area contributed by atoms with E-state index in [9.17, 15) is 13.2 Å². The number of carbonyl (C=O) groups excluding carboxylic acids is 1. The van der Waals surface area contributed by atoms with Crippen LogP contribution in [0.4, 0.5) is 11.4 Å². The smallest absolute Gasteiger partial charge is 0.232 e. The van der Waals surface area contributed by atoms with Crippen LogP contribution in [0, 0.1) is 11.3 Å². The fraction of sp³-hybridized carbons (Fsp3) is 0.176. The van der Waals surface area contributed by atoms with Crippen LogP contribution in [-0.4, -0.2) is 27.1 Å². The van der Waals surface area contributed by atoms with E-state index in [0.29, 0.717) is 22.0 Å². The van der Waals surface area contributed by atoms with Crippen molar-refractivity contribution in [3.05, 3.63) is 59.1 Å². The number of halogens is 1. The summed E-state index contributed by atoms with van der Waals surface area (Å²) in [6.45, 7) is -0.0268. The number of carbonyl (C=O) groups is 1. The number of amides is 1. The highest BCUT2D eigenvalue weighted by Crippen LogP contribution is 2.21. The molecule has 0 radical (unpaired) electrons. The van der Waals surface area contributed by atoms with E-state index in [1.165, 1.54) is 0 Å². The summed E-state index contributed by atoms with van der Waals surface area (Å²) in [5.41, 5.74) is 1.16. The average Bonchev–Trinajstić information content (AvgIpc) is 2.56. The van der Waals surface area contributed by atoms with Gasteiger partial charge in [0.15, 0.2) is 0 Å². The van der Waals surface area contributed by atoms with Crippen molar-refractivity contribution in [2.75, 3.05) is 22.4 Å². The highest BCUT2D eigenvalue weighted by molar-refractivity contribution is 7.92. The molecule has 0 atom stereocenters. The van der Waals surface area contributed by atoms with Crippen LogP contribution < -0.4 is 9.62 Å². The largest absolute Gasteiger partial charge is 0.325 e. The van der Waals surface area contributed by atoms with Gasteiger partial charge in [0.2, 0.25) is 15.9 Å². The molecule has 0 aliphatic heterocycles. The van der Waals surface area contributed by atoms with Gasteiger partial charge in [-0.05, 0) is 36.4 Å². The zero-order valence-corrected chi connectivity index (χ0v) is 15.0. The van der Waals surface area contributed by atoms with Gasteiger partial charge in [-0.15, -0.1) is 0 Å². The van der Waals surface area contributed by atoms with Crippen LogP contribution in [0.5, 0.6) is 0 Å². The standard InChI is InChI=1S/C17H16ClN3O3S/c1-25(23,24)21(15-8-6-14(18)7-9-15)11-10-17(22)20-16-5-3-2-4-13(16)12-19/h2-9H,10-11H2,1H3,(H,20,22). The van der Waals surface area contributed by atoms with Gasteiger partial charge in [0.05, 0.1) is 23.2 Å². The zero-order valence-electron chi connectivity index (χ0n) is 13.4. The molecule has 25 heavy (non-hydrogen) atoms. The molecule has 8 heteroatoms. The highest BCUT2D eigenvalue weighted by atomic mass is 35.5. The summed E-state index contributed by atoms with van der Waals surface area (Å²) >= 11 is 5.82. The molecule has 0 spiro atoms. The molecule has 1 amide bonds. The van der Waals surface area contributed by atoms with Gasteiger partial charge >= 0.3 is 0 Å². The number of nitrogens with zero attached hydrogens (tertiary/aromatic N) is 2. The quantitative estimate of drug-likeness (QED) is 0.837. The van der Waals surface area contributed by atoms with Crippen molar-refractivity contribution in [1.29, 1.82) is 5.26 Å².